The number of para-hydroxylation sites is 2. The zero-order chi connectivity index (χ0) is 17.4. The molecule has 0 saturated carbocycles. The Morgan fingerprint density at radius 3 is 2.28 bits per heavy atom. The Labute approximate surface area is 142 Å². The van der Waals surface area contributed by atoms with Crippen LogP contribution in [0.1, 0.15) is 5.69 Å². The molecule has 0 amide bonds. The molecule has 0 fully saturated rings. The van der Waals surface area contributed by atoms with E-state index in [1.807, 2.05) is 48.5 Å². The SMILES string of the molecule is N[C@@H](Cc1cn(-c2c3ccccc3nc3ccccc23)nn1)C(=O)O. The van der Waals surface area contributed by atoms with Crippen LogP contribution in [0.25, 0.3) is 27.5 Å². The highest BCUT2D eigenvalue weighted by Gasteiger charge is 2.16. The average Bonchev–Trinajstić information content (AvgIpc) is 3.07. The van der Waals surface area contributed by atoms with E-state index in [-0.39, 0.29) is 6.42 Å². The van der Waals surface area contributed by atoms with Gasteiger partial charge in [-0.3, -0.25) is 4.79 Å². The molecule has 4 aromatic rings. The lowest BCUT2D eigenvalue weighted by Gasteiger charge is -2.10. The van der Waals surface area contributed by atoms with Gasteiger partial charge in [0.25, 0.3) is 0 Å². The van der Waals surface area contributed by atoms with Gasteiger partial charge in [-0.15, -0.1) is 5.10 Å². The zero-order valence-electron chi connectivity index (χ0n) is 13.2. The first-order valence-electron chi connectivity index (χ1n) is 7.81. The summed E-state index contributed by atoms with van der Waals surface area (Å²) in [4.78, 5) is 15.6. The summed E-state index contributed by atoms with van der Waals surface area (Å²) < 4.78 is 1.66. The minimum atomic E-state index is -1.06. The molecule has 2 aromatic carbocycles. The zero-order valence-corrected chi connectivity index (χ0v) is 13.2. The van der Waals surface area contributed by atoms with Crippen LogP contribution in [-0.2, 0) is 11.2 Å². The fourth-order valence-corrected chi connectivity index (χ4v) is 2.88. The van der Waals surface area contributed by atoms with Crippen molar-refractivity contribution in [3.8, 4) is 5.69 Å². The number of nitrogens with zero attached hydrogens (tertiary/aromatic N) is 4. The summed E-state index contributed by atoms with van der Waals surface area (Å²) in [5.74, 6) is -1.06. The van der Waals surface area contributed by atoms with Crippen molar-refractivity contribution in [1.82, 2.24) is 20.0 Å². The summed E-state index contributed by atoms with van der Waals surface area (Å²) in [6.07, 6.45) is 1.84. The van der Waals surface area contributed by atoms with Crippen molar-refractivity contribution in [3.05, 3.63) is 60.4 Å². The molecule has 7 heteroatoms. The largest absolute Gasteiger partial charge is 0.480 e. The highest BCUT2D eigenvalue weighted by molar-refractivity contribution is 6.02. The number of hydrogen-bond donors (Lipinski definition) is 2. The number of rotatable bonds is 4. The lowest BCUT2D eigenvalue weighted by atomic mass is 10.1. The molecule has 2 aromatic heterocycles. The predicted molar refractivity (Wildman–Crippen MR) is 93.5 cm³/mol. The molecule has 0 unspecified atom stereocenters. The number of carboxylic acids is 1. The van der Waals surface area contributed by atoms with Crippen molar-refractivity contribution in [2.75, 3.05) is 0 Å². The monoisotopic (exact) mass is 333 g/mol. The number of pyridine rings is 1. The Hall–Kier alpha value is -3.32. The van der Waals surface area contributed by atoms with Crippen molar-refractivity contribution >= 4 is 27.8 Å². The van der Waals surface area contributed by atoms with Crippen LogP contribution in [-0.4, -0.2) is 37.1 Å². The maximum absolute atomic E-state index is 10.9. The molecule has 2 heterocycles. The normalized spacial score (nSPS) is 12.5. The minimum Gasteiger partial charge on any atom is -0.480 e. The van der Waals surface area contributed by atoms with Crippen LogP contribution in [0.15, 0.2) is 54.7 Å². The summed E-state index contributed by atoms with van der Waals surface area (Å²) >= 11 is 0. The number of carboxylic acid groups (broad SMARTS) is 1. The number of aromatic nitrogens is 4. The van der Waals surface area contributed by atoms with Crippen LogP contribution in [0.2, 0.25) is 0 Å². The number of hydrogen-bond acceptors (Lipinski definition) is 5. The molecule has 3 N–H and O–H groups in total. The van der Waals surface area contributed by atoms with Crippen LogP contribution in [0.3, 0.4) is 0 Å². The van der Waals surface area contributed by atoms with Gasteiger partial charge in [-0.1, -0.05) is 41.6 Å². The van der Waals surface area contributed by atoms with E-state index in [9.17, 15) is 4.79 Å². The quantitative estimate of drug-likeness (QED) is 0.553. The van der Waals surface area contributed by atoms with Crippen LogP contribution < -0.4 is 5.73 Å². The van der Waals surface area contributed by atoms with Gasteiger partial charge >= 0.3 is 5.97 Å². The Balaban J connectivity index is 1.90. The molecule has 7 nitrogen and oxygen atoms in total. The first-order valence-corrected chi connectivity index (χ1v) is 7.81. The maximum Gasteiger partial charge on any atom is 0.320 e. The van der Waals surface area contributed by atoms with Gasteiger partial charge in [-0.25, -0.2) is 9.67 Å². The Morgan fingerprint density at radius 1 is 1.08 bits per heavy atom. The van der Waals surface area contributed by atoms with Gasteiger partial charge in [0.15, 0.2) is 0 Å². The van der Waals surface area contributed by atoms with Crippen LogP contribution in [0.5, 0.6) is 0 Å². The molecular weight excluding hydrogens is 318 g/mol. The lowest BCUT2D eigenvalue weighted by Crippen LogP contribution is -2.32. The van der Waals surface area contributed by atoms with Gasteiger partial charge in [-0.2, -0.15) is 0 Å². The first-order chi connectivity index (χ1) is 12.1. The van der Waals surface area contributed by atoms with E-state index >= 15 is 0 Å². The second-order valence-corrected chi connectivity index (χ2v) is 5.80. The van der Waals surface area contributed by atoms with E-state index in [4.69, 9.17) is 10.8 Å². The van der Waals surface area contributed by atoms with Gasteiger partial charge in [0.05, 0.1) is 28.6 Å². The highest BCUT2D eigenvalue weighted by Crippen LogP contribution is 2.28. The number of fused-ring (bicyclic) bond motifs is 2. The number of benzene rings is 2. The number of aliphatic carboxylic acids is 1. The molecule has 0 saturated heterocycles. The fraction of sp³-hybridized carbons (Fsp3) is 0.111. The predicted octanol–water partition coefficient (Wildman–Crippen LogP) is 1.92. The molecule has 0 aliphatic rings. The summed E-state index contributed by atoms with van der Waals surface area (Å²) in [5.41, 5.74) is 8.70. The van der Waals surface area contributed by atoms with Crippen LogP contribution in [0, 0.1) is 0 Å². The smallest absolute Gasteiger partial charge is 0.320 e. The second-order valence-electron chi connectivity index (χ2n) is 5.80. The standard InChI is InChI=1S/C18H15N5O2/c19-14(18(24)25)9-11-10-23(22-21-11)17-12-5-1-3-7-15(12)20-16-8-4-2-6-13(16)17/h1-8,10,14H,9,19H2,(H,24,25)/t14-/m0/s1. The Bertz CT molecular complexity index is 1040. The van der Waals surface area contributed by atoms with Gasteiger partial charge in [0, 0.05) is 17.2 Å². The molecule has 0 aliphatic heterocycles. The number of carbonyl (C=O) groups is 1. The van der Waals surface area contributed by atoms with E-state index in [0.717, 1.165) is 27.5 Å². The molecule has 124 valence electrons. The van der Waals surface area contributed by atoms with E-state index < -0.39 is 12.0 Å². The van der Waals surface area contributed by atoms with Crippen LogP contribution in [0.4, 0.5) is 0 Å². The van der Waals surface area contributed by atoms with E-state index in [2.05, 4.69) is 15.3 Å². The third-order valence-corrected chi connectivity index (χ3v) is 4.08. The summed E-state index contributed by atoms with van der Waals surface area (Å²) in [6.45, 7) is 0. The average molecular weight is 333 g/mol. The highest BCUT2D eigenvalue weighted by atomic mass is 16.4. The maximum atomic E-state index is 10.9. The van der Waals surface area contributed by atoms with Crippen molar-refractivity contribution in [2.45, 2.75) is 12.5 Å². The second kappa shape index (κ2) is 5.95. The number of nitrogens with two attached hydrogens (primary N) is 1. The van der Waals surface area contributed by atoms with Gasteiger partial charge < -0.3 is 10.8 Å². The first kappa shape index (κ1) is 15.2. The lowest BCUT2D eigenvalue weighted by molar-refractivity contribution is -0.138. The van der Waals surface area contributed by atoms with E-state index in [1.165, 1.54) is 0 Å². The molecule has 1 atom stereocenters. The third-order valence-electron chi connectivity index (χ3n) is 4.08. The van der Waals surface area contributed by atoms with Gasteiger partial charge in [0.1, 0.15) is 6.04 Å². The van der Waals surface area contributed by atoms with Crippen molar-refractivity contribution in [3.63, 3.8) is 0 Å². The molecule has 25 heavy (non-hydrogen) atoms. The molecule has 4 rings (SSSR count). The summed E-state index contributed by atoms with van der Waals surface area (Å²) in [7, 11) is 0. The Kier molecular flexibility index (Phi) is 3.62. The van der Waals surface area contributed by atoms with Gasteiger partial charge in [0.2, 0.25) is 0 Å². The third kappa shape index (κ3) is 2.70. The van der Waals surface area contributed by atoms with Crippen molar-refractivity contribution in [2.24, 2.45) is 5.73 Å². The van der Waals surface area contributed by atoms with Crippen molar-refractivity contribution in [1.29, 1.82) is 0 Å². The van der Waals surface area contributed by atoms with Crippen LogP contribution >= 0.6 is 0 Å². The topological polar surface area (TPSA) is 107 Å². The summed E-state index contributed by atoms with van der Waals surface area (Å²) in [6, 6.07) is 14.6. The molecule has 0 bridgehead atoms. The molecule has 0 aliphatic carbocycles. The van der Waals surface area contributed by atoms with Crippen molar-refractivity contribution < 1.29 is 9.90 Å². The minimum absolute atomic E-state index is 0.121. The molecular formula is C18H15N5O2. The Morgan fingerprint density at radius 2 is 1.68 bits per heavy atom. The molecule has 0 spiro atoms. The van der Waals surface area contributed by atoms with E-state index in [0.29, 0.717) is 5.69 Å². The summed E-state index contributed by atoms with van der Waals surface area (Å²) in [5, 5.41) is 19.1. The molecule has 0 radical (unpaired) electrons. The van der Waals surface area contributed by atoms with Gasteiger partial charge in [-0.05, 0) is 12.1 Å². The fourth-order valence-electron chi connectivity index (χ4n) is 2.88. The van der Waals surface area contributed by atoms with E-state index in [1.54, 1.807) is 10.9 Å².